The van der Waals surface area contributed by atoms with Gasteiger partial charge in [-0.15, -0.1) is 0 Å². The van der Waals surface area contributed by atoms with E-state index in [0.29, 0.717) is 29.8 Å². The summed E-state index contributed by atoms with van der Waals surface area (Å²) in [5, 5.41) is 14.4. The van der Waals surface area contributed by atoms with E-state index in [1.807, 2.05) is 18.2 Å². The molecule has 120 valence electrons. The molecule has 24 heavy (non-hydrogen) atoms. The molecular weight excluding hydrogens is 370 g/mol. The summed E-state index contributed by atoms with van der Waals surface area (Å²) < 4.78 is 0.850. The molecule has 0 aromatic heterocycles. The summed E-state index contributed by atoms with van der Waals surface area (Å²) >= 11 is 3.35. The molecule has 6 heteroatoms. The van der Waals surface area contributed by atoms with Gasteiger partial charge in [-0.2, -0.15) is 5.26 Å². The highest BCUT2D eigenvalue weighted by Gasteiger charge is 2.56. The lowest BCUT2D eigenvalue weighted by molar-refractivity contribution is -0.131. The molecule has 0 bridgehead atoms. The maximum absolute atomic E-state index is 12.5. The Bertz CT molecular complexity index is 853. The van der Waals surface area contributed by atoms with Crippen LogP contribution in [-0.2, 0) is 9.59 Å². The quantitative estimate of drug-likeness (QED) is 0.789. The molecule has 1 aliphatic rings. The number of nitrogens with one attached hydrogen (secondary N) is 2. The fraction of sp³-hybridized carbons (Fsp3) is 0.167. The predicted molar refractivity (Wildman–Crippen MR) is 94.2 cm³/mol. The number of rotatable bonds is 4. The first-order valence-corrected chi connectivity index (χ1v) is 8.21. The van der Waals surface area contributed by atoms with Crippen LogP contribution in [0.2, 0.25) is 0 Å². The lowest BCUT2D eigenvalue weighted by Crippen LogP contribution is -2.35. The van der Waals surface area contributed by atoms with Crippen LogP contribution in [0.25, 0.3) is 0 Å². The molecule has 0 heterocycles. The molecule has 0 aliphatic heterocycles. The van der Waals surface area contributed by atoms with Gasteiger partial charge in [0.1, 0.15) is 5.41 Å². The Morgan fingerprint density at radius 2 is 1.58 bits per heavy atom. The highest BCUT2D eigenvalue weighted by molar-refractivity contribution is 9.10. The summed E-state index contributed by atoms with van der Waals surface area (Å²) in [7, 11) is 0. The summed E-state index contributed by atoms with van der Waals surface area (Å²) in [6.07, 6.45) is 1.02. The topological polar surface area (TPSA) is 82.0 Å². The van der Waals surface area contributed by atoms with Gasteiger partial charge in [-0.3, -0.25) is 9.59 Å². The van der Waals surface area contributed by atoms with Gasteiger partial charge in [0.25, 0.3) is 0 Å². The van der Waals surface area contributed by atoms with E-state index >= 15 is 0 Å². The molecule has 2 N–H and O–H groups in total. The largest absolute Gasteiger partial charge is 0.325 e. The smallest absolute Gasteiger partial charge is 0.240 e. The van der Waals surface area contributed by atoms with Crippen molar-refractivity contribution in [3.05, 3.63) is 58.6 Å². The second-order valence-electron chi connectivity index (χ2n) is 5.69. The van der Waals surface area contributed by atoms with Gasteiger partial charge in [-0.05, 0) is 49.2 Å². The van der Waals surface area contributed by atoms with Crippen molar-refractivity contribution >= 4 is 39.1 Å². The molecule has 2 aromatic carbocycles. The van der Waals surface area contributed by atoms with E-state index in [9.17, 15) is 9.59 Å². The summed E-state index contributed by atoms with van der Waals surface area (Å²) in [4.78, 5) is 25.1. The van der Waals surface area contributed by atoms with Gasteiger partial charge in [-0.1, -0.05) is 28.1 Å². The molecule has 0 unspecified atom stereocenters. The van der Waals surface area contributed by atoms with Crippen molar-refractivity contribution in [3.63, 3.8) is 0 Å². The average molecular weight is 384 g/mol. The maximum Gasteiger partial charge on any atom is 0.240 e. The summed E-state index contributed by atoms with van der Waals surface area (Å²) in [5.74, 6) is -0.653. The van der Waals surface area contributed by atoms with Crippen molar-refractivity contribution in [3.8, 4) is 6.07 Å². The first-order valence-electron chi connectivity index (χ1n) is 7.42. The van der Waals surface area contributed by atoms with E-state index in [-0.39, 0.29) is 11.8 Å². The van der Waals surface area contributed by atoms with Crippen LogP contribution < -0.4 is 10.6 Å². The normalized spacial score (nSPS) is 14.3. The lowest BCUT2D eigenvalue weighted by Gasteiger charge is -2.15. The van der Waals surface area contributed by atoms with Crippen LogP contribution >= 0.6 is 15.9 Å². The van der Waals surface area contributed by atoms with E-state index < -0.39 is 5.41 Å². The van der Waals surface area contributed by atoms with Gasteiger partial charge >= 0.3 is 0 Å². The first kappa shape index (κ1) is 16.2. The molecule has 1 aliphatic carbocycles. The maximum atomic E-state index is 12.5. The summed E-state index contributed by atoms with van der Waals surface area (Å²) in [6, 6.07) is 15.9. The standard InChI is InChI=1S/C18H14BrN3O2/c19-13-4-2-6-15(10-13)22-17(24)18(7-8-18)16(23)21-14-5-1-3-12(9-14)11-20/h1-6,9-10H,7-8H2,(H,21,23)(H,22,24). The number of amides is 2. The summed E-state index contributed by atoms with van der Waals surface area (Å²) in [6.45, 7) is 0. The number of halogens is 1. The fourth-order valence-corrected chi connectivity index (χ4v) is 2.82. The molecule has 1 fully saturated rings. The number of anilines is 2. The van der Waals surface area contributed by atoms with Crippen LogP contribution in [-0.4, -0.2) is 11.8 Å². The van der Waals surface area contributed by atoms with E-state index in [1.54, 1.807) is 36.4 Å². The van der Waals surface area contributed by atoms with Crippen molar-refractivity contribution in [1.82, 2.24) is 0 Å². The van der Waals surface area contributed by atoms with Crippen LogP contribution in [0.1, 0.15) is 18.4 Å². The Hall–Kier alpha value is -2.65. The zero-order chi connectivity index (χ0) is 17.2. The predicted octanol–water partition coefficient (Wildman–Crippen LogP) is 3.68. The van der Waals surface area contributed by atoms with Crippen molar-refractivity contribution in [2.75, 3.05) is 10.6 Å². The SMILES string of the molecule is N#Cc1cccc(NC(=O)C2(C(=O)Nc3cccc(Br)c3)CC2)c1. The molecule has 5 nitrogen and oxygen atoms in total. The molecule has 0 spiro atoms. The van der Waals surface area contributed by atoms with Gasteiger partial charge < -0.3 is 10.6 Å². The second-order valence-corrected chi connectivity index (χ2v) is 6.61. The fourth-order valence-electron chi connectivity index (χ4n) is 2.42. The first-order chi connectivity index (χ1) is 11.5. The van der Waals surface area contributed by atoms with Crippen molar-refractivity contribution in [1.29, 1.82) is 5.26 Å². The van der Waals surface area contributed by atoms with Gasteiger partial charge in [0.15, 0.2) is 0 Å². The van der Waals surface area contributed by atoms with Gasteiger partial charge in [-0.25, -0.2) is 0 Å². The third-order valence-corrected chi connectivity index (χ3v) is 4.44. The molecule has 0 saturated heterocycles. The highest BCUT2D eigenvalue weighted by Crippen LogP contribution is 2.47. The van der Waals surface area contributed by atoms with Crippen LogP contribution in [0, 0.1) is 16.7 Å². The number of nitriles is 1. The van der Waals surface area contributed by atoms with E-state index in [1.165, 1.54) is 0 Å². The monoisotopic (exact) mass is 383 g/mol. The number of benzene rings is 2. The minimum absolute atomic E-state index is 0.311. The Morgan fingerprint density at radius 3 is 2.12 bits per heavy atom. The molecule has 0 atom stereocenters. The minimum atomic E-state index is -1.04. The number of carbonyl (C=O) groups excluding carboxylic acids is 2. The van der Waals surface area contributed by atoms with Crippen molar-refractivity contribution < 1.29 is 9.59 Å². The van der Waals surface area contributed by atoms with Crippen molar-refractivity contribution in [2.24, 2.45) is 5.41 Å². The zero-order valence-electron chi connectivity index (χ0n) is 12.7. The second kappa shape index (κ2) is 6.46. The Morgan fingerprint density at radius 1 is 1.00 bits per heavy atom. The van der Waals surface area contributed by atoms with Gasteiger partial charge in [0, 0.05) is 15.8 Å². The van der Waals surface area contributed by atoms with Gasteiger partial charge in [0.05, 0.1) is 11.6 Å². The molecular formula is C18H14BrN3O2. The lowest BCUT2D eigenvalue weighted by atomic mass is 10.0. The minimum Gasteiger partial charge on any atom is -0.325 e. The Balaban J connectivity index is 1.72. The molecule has 3 rings (SSSR count). The van der Waals surface area contributed by atoms with Crippen molar-refractivity contribution in [2.45, 2.75) is 12.8 Å². The Labute approximate surface area is 147 Å². The van der Waals surface area contributed by atoms with Crippen LogP contribution in [0.4, 0.5) is 11.4 Å². The van der Waals surface area contributed by atoms with Crippen LogP contribution in [0.3, 0.4) is 0 Å². The zero-order valence-corrected chi connectivity index (χ0v) is 14.3. The average Bonchev–Trinajstić information content (AvgIpc) is 3.37. The number of hydrogen-bond acceptors (Lipinski definition) is 3. The molecule has 1 saturated carbocycles. The molecule has 2 amide bonds. The molecule has 2 aromatic rings. The van der Waals surface area contributed by atoms with E-state index in [4.69, 9.17) is 5.26 Å². The Kier molecular flexibility index (Phi) is 4.36. The number of hydrogen-bond donors (Lipinski definition) is 2. The summed E-state index contributed by atoms with van der Waals surface area (Å²) in [5.41, 5.74) is 0.571. The van der Waals surface area contributed by atoms with E-state index in [0.717, 1.165) is 4.47 Å². The number of nitrogens with zero attached hydrogens (tertiary/aromatic N) is 1. The third kappa shape index (κ3) is 3.31. The van der Waals surface area contributed by atoms with Crippen LogP contribution in [0.15, 0.2) is 53.0 Å². The third-order valence-electron chi connectivity index (χ3n) is 3.95. The van der Waals surface area contributed by atoms with Crippen LogP contribution in [0.5, 0.6) is 0 Å². The highest BCUT2D eigenvalue weighted by atomic mass is 79.9. The van der Waals surface area contributed by atoms with Gasteiger partial charge in [0.2, 0.25) is 11.8 Å². The van der Waals surface area contributed by atoms with E-state index in [2.05, 4.69) is 26.6 Å². The molecule has 0 radical (unpaired) electrons. The number of carbonyl (C=O) groups is 2.